The summed E-state index contributed by atoms with van der Waals surface area (Å²) in [6.07, 6.45) is 1.84. The lowest BCUT2D eigenvalue weighted by Gasteiger charge is -2.33. The summed E-state index contributed by atoms with van der Waals surface area (Å²) in [7, 11) is 0. The smallest absolute Gasteiger partial charge is 0.407 e. The number of hydrogen-bond acceptors (Lipinski definition) is 7. The first-order chi connectivity index (χ1) is 19.1. The molecule has 4 aromatic rings. The van der Waals surface area contributed by atoms with Crippen LogP contribution in [-0.2, 0) is 18.5 Å². The Balaban J connectivity index is 1.23. The molecule has 0 aliphatic carbocycles. The highest BCUT2D eigenvalue weighted by molar-refractivity contribution is 5.83. The first-order valence-corrected chi connectivity index (χ1v) is 13.3. The number of halogens is 2. The topological polar surface area (TPSA) is 112 Å². The summed E-state index contributed by atoms with van der Waals surface area (Å²) in [5, 5.41) is 12.2. The van der Waals surface area contributed by atoms with Crippen molar-refractivity contribution in [2.45, 2.75) is 45.7 Å². The van der Waals surface area contributed by atoms with Gasteiger partial charge in [0.05, 0.1) is 11.7 Å². The maximum atomic E-state index is 15.1. The number of carboxylic acid groups (broad SMARTS) is 1. The molecule has 2 aliphatic heterocycles. The molecule has 2 N–H and O–H groups in total. The Hall–Kier alpha value is -4.19. The van der Waals surface area contributed by atoms with Crippen molar-refractivity contribution in [1.29, 1.82) is 0 Å². The Morgan fingerprint density at radius 3 is 2.58 bits per heavy atom. The van der Waals surface area contributed by atoms with Gasteiger partial charge in [0.2, 0.25) is 5.95 Å². The molecule has 6 rings (SSSR count). The molecule has 0 saturated carbocycles. The number of nitrogens with one attached hydrogen (secondary N) is 1. The zero-order valence-corrected chi connectivity index (χ0v) is 22.6. The van der Waals surface area contributed by atoms with E-state index in [1.165, 1.54) is 11.0 Å². The van der Waals surface area contributed by atoms with Crippen molar-refractivity contribution in [2.75, 3.05) is 31.5 Å². The average Bonchev–Trinajstić information content (AvgIpc) is 3.44. The molecule has 1 saturated heterocycles. The van der Waals surface area contributed by atoms with E-state index in [1.807, 2.05) is 17.6 Å². The Kier molecular flexibility index (Phi) is 6.37. The Labute approximate surface area is 229 Å². The van der Waals surface area contributed by atoms with E-state index in [4.69, 9.17) is 5.11 Å². The fourth-order valence-electron chi connectivity index (χ4n) is 5.60. The largest absolute Gasteiger partial charge is 0.465 e. The zero-order valence-electron chi connectivity index (χ0n) is 22.6. The highest BCUT2D eigenvalue weighted by Gasteiger charge is 2.33. The lowest BCUT2D eigenvalue weighted by molar-refractivity contribution is 0.103. The van der Waals surface area contributed by atoms with Gasteiger partial charge < -0.3 is 19.9 Å². The van der Waals surface area contributed by atoms with E-state index in [0.717, 1.165) is 36.1 Å². The number of carbonyl (C=O) groups is 1. The molecule has 208 valence electrons. The molecular weight excluding hydrogens is 518 g/mol. The first kappa shape index (κ1) is 26.1. The Morgan fingerprint density at radius 2 is 1.85 bits per heavy atom. The Bertz CT molecular complexity index is 1630. The molecule has 10 nitrogen and oxygen atoms in total. The SMILES string of the molecule is Cc1nc(Nc2ncc(F)c(-c3cc(F)c4nc5n(c4c3)C(C)(C)CC5)n2)ccc1CN1CCN(C(=O)O)CC1. The lowest BCUT2D eigenvalue weighted by atomic mass is 10.0. The average molecular weight is 549 g/mol. The molecule has 0 spiro atoms. The van der Waals surface area contributed by atoms with Crippen molar-refractivity contribution in [3.63, 3.8) is 0 Å². The highest BCUT2D eigenvalue weighted by Crippen LogP contribution is 2.38. The van der Waals surface area contributed by atoms with Crippen LogP contribution in [0.15, 0.2) is 30.5 Å². The van der Waals surface area contributed by atoms with E-state index in [0.29, 0.717) is 49.6 Å². The number of amides is 1. The fourth-order valence-corrected chi connectivity index (χ4v) is 5.60. The van der Waals surface area contributed by atoms with Crippen LogP contribution in [0.1, 0.15) is 37.4 Å². The van der Waals surface area contributed by atoms with Gasteiger partial charge >= 0.3 is 6.09 Å². The molecule has 5 heterocycles. The predicted molar refractivity (Wildman–Crippen MR) is 145 cm³/mol. The molecule has 3 aromatic heterocycles. The molecule has 0 atom stereocenters. The van der Waals surface area contributed by atoms with Gasteiger partial charge in [-0.2, -0.15) is 0 Å². The highest BCUT2D eigenvalue weighted by atomic mass is 19.1. The lowest BCUT2D eigenvalue weighted by Crippen LogP contribution is -2.47. The fraction of sp³-hybridized carbons (Fsp3) is 0.393. The first-order valence-electron chi connectivity index (χ1n) is 13.3. The third kappa shape index (κ3) is 4.72. The number of rotatable bonds is 5. The quantitative estimate of drug-likeness (QED) is 0.369. The molecule has 12 heteroatoms. The standard InChI is InChI=1S/C28H30F2N8O2/c1-16-17(15-36-8-10-37(11-9-36)27(39)40)4-5-22(32-16)33-26-31-14-20(30)24(35-26)18-12-19(29)25-21(13-18)38-23(34-25)6-7-28(38,2)3/h4-5,12-14H,6-11,15H2,1-3H3,(H,39,40)(H,31,32,33,35). The molecule has 1 fully saturated rings. The second-order valence-corrected chi connectivity index (χ2v) is 11.0. The molecule has 1 amide bonds. The molecule has 40 heavy (non-hydrogen) atoms. The number of piperazine rings is 1. The van der Waals surface area contributed by atoms with E-state index >= 15 is 4.39 Å². The molecule has 0 bridgehead atoms. The maximum Gasteiger partial charge on any atom is 0.407 e. The van der Waals surface area contributed by atoms with E-state index in [2.05, 4.69) is 44.0 Å². The summed E-state index contributed by atoms with van der Waals surface area (Å²) in [6, 6.07) is 6.75. The van der Waals surface area contributed by atoms with Crippen LogP contribution in [0.2, 0.25) is 0 Å². The monoisotopic (exact) mass is 548 g/mol. The summed E-state index contributed by atoms with van der Waals surface area (Å²) >= 11 is 0. The number of fused-ring (bicyclic) bond motifs is 3. The second-order valence-electron chi connectivity index (χ2n) is 11.0. The van der Waals surface area contributed by atoms with Crippen LogP contribution in [-0.4, -0.2) is 71.7 Å². The molecule has 0 unspecified atom stereocenters. The van der Waals surface area contributed by atoms with Crippen molar-refractivity contribution in [3.8, 4) is 11.3 Å². The molecular formula is C28H30F2N8O2. The van der Waals surface area contributed by atoms with Crippen LogP contribution >= 0.6 is 0 Å². The number of anilines is 2. The molecule has 0 radical (unpaired) electrons. The van der Waals surface area contributed by atoms with E-state index in [1.54, 1.807) is 12.1 Å². The van der Waals surface area contributed by atoms with Gasteiger partial charge in [-0.1, -0.05) is 6.07 Å². The van der Waals surface area contributed by atoms with Crippen molar-refractivity contribution in [2.24, 2.45) is 0 Å². The van der Waals surface area contributed by atoms with Gasteiger partial charge in [-0.25, -0.2) is 33.5 Å². The summed E-state index contributed by atoms with van der Waals surface area (Å²) in [5.74, 6) is 0.280. The number of aromatic nitrogens is 5. The van der Waals surface area contributed by atoms with Gasteiger partial charge in [0.25, 0.3) is 0 Å². The second kappa shape index (κ2) is 9.77. The number of hydrogen-bond donors (Lipinski definition) is 2. The van der Waals surface area contributed by atoms with Crippen LogP contribution in [0.5, 0.6) is 0 Å². The van der Waals surface area contributed by atoms with Gasteiger partial charge in [0, 0.05) is 55.9 Å². The summed E-state index contributed by atoms with van der Waals surface area (Å²) < 4.78 is 32.1. The third-order valence-electron chi connectivity index (χ3n) is 7.84. The van der Waals surface area contributed by atoms with Crippen LogP contribution in [0, 0.1) is 18.6 Å². The number of pyridine rings is 1. The third-order valence-corrected chi connectivity index (χ3v) is 7.84. The van der Waals surface area contributed by atoms with Gasteiger partial charge in [-0.05, 0) is 51.0 Å². The summed E-state index contributed by atoms with van der Waals surface area (Å²) in [6.45, 7) is 8.99. The predicted octanol–water partition coefficient (Wildman–Crippen LogP) is 4.70. The number of benzene rings is 1. The summed E-state index contributed by atoms with van der Waals surface area (Å²) in [5.41, 5.74) is 2.81. The van der Waals surface area contributed by atoms with E-state index in [-0.39, 0.29) is 22.7 Å². The molecule has 2 aliphatic rings. The van der Waals surface area contributed by atoms with Crippen LogP contribution in [0.3, 0.4) is 0 Å². The number of nitrogens with zero attached hydrogens (tertiary/aromatic N) is 7. The zero-order chi connectivity index (χ0) is 28.2. The molecule has 1 aromatic carbocycles. The van der Waals surface area contributed by atoms with Crippen molar-refractivity contribution < 1.29 is 18.7 Å². The maximum absolute atomic E-state index is 15.1. The minimum absolute atomic E-state index is 0.0153. The number of aryl methyl sites for hydroxylation is 2. The van der Waals surface area contributed by atoms with Gasteiger partial charge in [0.1, 0.15) is 22.9 Å². The minimum Gasteiger partial charge on any atom is -0.465 e. The summed E-state index contributed by atoms with van der Waals surface area (Å²) in [4.78, 5) is 32.3. The van der Waals surface area contributed by atoms with Crippen molar-refractivity contribution in [3.05, 3.63) is 59.2 Å². The Morgan fingerprint density at radius 1 is 1.07 bits per heavy atom. The van der Waals surface area contributed by atoms with Gasteiger partial charge in [-0.15, -0.1) is 0 Å². The number of imidazole rings is 1. The minimum atomic E-state index is -0.890. The van der Waals surface area contributed by atoms with Crippen LogP contribution in [0.25, 0.3) is 22.3 Å². The van der Waals surface area contributed by atoms with E-state index in [9.17, 15) is 9.18 Å². The van der Waals surface area contributed by atoms with Gasteiger partial charge in [-0.3, -0.25) is 4.90 Å². The van der Waals surface area contributed by atoms with Crippen molar-refractivity contribution >= 4 is 28.9 Å². The van der Waals surface area contributed by atoms with Crippen LogP contribution in [0.4, 0.5) is 25.3 Å². The van der Waals surface area contributed by atoms with Crippen molar-refractivity contribution in [1.82, 2.24) is 34.3 Å². The van der Waals surface area contributed by atoms with Gasteiger partial charge in [0.15, 0.2) is 11.6 Å². The van der Waals surface area contributed by atoms with Crippen LogP contribution < -0.4 is 5.32 Å². The van der Waals surface area contributed by atoms with E-state index < -0.39 is 17.7 Å². The normalized spacial score (nSPS) is 16.9.